The third-order valence-electron chi connectivity index (χ3n) is 2.55. The van der Waals surface area contributed by atoms with E-state index >= 15 is 0 Å². The number of esters is 1. The molecular formula is C17H21NO5. The van der Waals surface area contributed by atoms with Crippen molar-refractivity contribution in [2.75, 3.05) is 13.7 Å². The van der Waals surface area contributed by atoms with Crippen molar-refractivity contribution in [3.8, 4) is 17.6 Å². The van der Waals surface area contributed by atoms with Gasteiger partial charge in [0.1, 0.15) is 16.9 Å². The van der Waals surface area contributed by atoms with Gasteiger partial charge < -0.3 is 19.9 Å². The molecule has 6 nitrogen and oxygen atoms in total. The van der Waals surface area contributed by atoms with E-state index in [1.54, 1.807) is 26.8 Å². The average molecular weight is 319 g/mol. The summed E-state index contributed by atoms with van der Waals surface area (Å²) in [6.07, 6.45) is -0.0647. The van der Waals surface area contributed by atoms with Crippen LogP contribution in [-0.2, 0) is 9.47 Å². The third kappa shape index (κ3) is 6.74. The van der Waals surface area contributed by atoms with Crippen LogP contribution in [0.15, 0.2) is 18.2 Å². The van der Waals surface area contributed by atoms with Gasteiger partial charge in [-0.2, -0.15) is 0 Å². The van der Waals surface area contributed by atoms with Crippen molar-refractivity contribution >= 4 is 12.1 Å². The number of carbonyl (C=O) groups is 2. The third-order valence-corrected chi connectivity index (χ3v) is 2.55. The zero-order valence-electron chi connectivity index (χ0n) is 13.7. The molecule has 0 bridgehead atoms. The fourth-order valence-corrected chi connectivity index (χ4v) is 1.59. The Bertz CT molecular complexity index is 635. The molecule has 0 aliphatic carbocycles. The fraction of sp³-hybridized carbons (Fsp3) is 0.412. The van der Waals surface area contributed by atoms with Gasteiger partial charge in [-0.1, -0.05) is 11.8 Å². The predicted octanol–water partition coefficient (Wildman–Crippen LogP) is 2.45. The van der Waals surface area contributed by atoms with Crippen LogP contribution < -0.4 is 5.32 Å². The van der Waals surface area contributed by atoms with E-state index < -0.39 is 17.7 Å². The van der Waals surface area contributed by atoms with E-state index in [2.05, 4.69) is 21.9 Å². The minimum Gasteiger partial charge on any atom is -0.507 e. The van der Waals surface area contributed by atoms with Crippen molar-refractivity contribution in [1.29, 1.82) is 0 Å². The molecule has 0 heterocycles. The molecule has 0 spiro atoms. The first-order chi connectivity index (χ1) is 10.7. The topological polar surface area (TPSA) is 84.9 Å². The second-order valence-electron chi connectivity index (χ2n) is 5.70. The number of hydrogen-bond acceptors (Lipinski definition) is 5. The van der Waals surface area contributed by atoms with Crippen LogP contribution in [0.4, 0.5) is 4.79 Å². The van der Waals surface area contributed by atoms with Crippen LogP contribution in [-0.4, -0.2) is 36.4 Å². The Morgan fingerprint density at radius 3 is 2.61 bits per heavy atom. The van der Waals surface area contributed by atoms with Crippen LogP contribution in [0.2, 0.25) is 0 Å². The molecule has 0 atom stereocenters. The Morgan fingerprint density at radius 2 is 2.00 bits per heavy atom. The monoisotopic (exact) mass is 319 g/mol. The van der Waals surface area contributed by atoms with Gasteiger partial charge in [0.25, 0.3) is 0 Å². The Kier molecular flexibility index (Phi) is 6.46. The summed E-state index contributed by atoms with van der Waals surface area (Å²) >= 11 is 0. The maximum atomic E-state index is 11.5. The Hall–Kier alpha value is -2.68. The summed E-state index contributed by atoms with van der Waals surface area (Å²) < 4.78 is 9.67. The first-order valence-electron chi connectivity index (χ1n) is 7.10. The van der Waals surface area contributed by atoms with Gasteiger partial charge in [-0.25, -0.2) is 9.59 Å². The summed E-state index contributed by atoms with van der Waals surface area (Å²) in [5.74, 6) is 4.94. The Morgan fingerprint density at radius 1 is 1.30 bits per heavy atom. The maximum absolute atomic E-state index is 11.5. The van der Waals surface area contributed by atoms with E-state index in [1.165, 1.54) is 19.2 Å². The smallest absolute Gasteiger partial charge is 0.407 e. The normalized spacial score (nSPS) is 10.3. The highest BCUT2D eigenvalue weighted by Crippen LogP contribution is 2.18. The number of phenolic OH excluding ortho intramolecular Hbond substituents is 1. The molecule has 0 fully saturated rings. The van der Waals surface area contributed by atoms with Gasteiger partial charge in [-0.3, -0.25) is 0 Å². The largest absolute Gasteiger partial charge is 0.507 e. The number of carbonyl (C=O) groups excluding carboxylic acids is 2. The van der Waals surface area contributed by atoms with Crippen LogP contribution in [0, 0.1) is 11.8 Å². The lowest BCUT2D eigenvalue weighted by Gasteiger charge is -2.19. The number of nitrogens with one attached hydrogen (secondary N) is 1. The molecule has 0 aliphatic heterocycles. The van der Waals surface area contributed by atoms with Gasteiger partial charge in [0.15, 0.2) is 0 Å². The van der Waals surface area contributed by atoms with Gasteiger partial charge in [0, 0.05) is 18.5 Å². The number of phenols is 1. The second-order valence-corrected chi connectivity index (χ2v) is 5.70. The van der Waals surface area contributed by atoms with Crippen molar-refractivity contribution in [3.05, 3.63) is 29.3 Å². The van der Waals surface area contributed by atoms with E-state index in [-0.39, 0.29) is 11.3 Å². The van der Waals surface area contributed by atoms with Gasteiger partial charge in [0.2, 0.25) is 0 Å². The predicted molar refractivity (Wildman–Crippen MR) is 85.2 cm³/mol. The molecule has 1 aromatic rings. The van der Waals surface area contributed by atoms with Crippen LogP contribution >= 0.6 is 0 Å². The standard InChI is InChI=1S/C17H21NO5/c1-17(2,3)23-16(21)18-10-6-5-7-12-8-9-14(19)13(11-12)15(20)22-4/h8-9,11,19H,6,10H2,1-4H3,(H,18,21). The highest BCUT2D eigenvalue weighted by Gasteiger charge is 2.15. The van der Waals surface area contributed by atoms with Crippen molar-refractivity contribution in [3.63, 3.8) is 0 Å². The SMILES string of the molecule is COC(=O)c1cc(C#CCCNC(=O)OC(C)(C)C)ccc1O. The van der Waals surface area contributed by atoms with E-state index in [1.807, 2.05) is 0 Å². The first-order valence-corrected chi connectivity index (χ1v) is 7.10. The maximum Gasteiger partial charge on any atom is 0.407 e. The summed E-state index contributed by atoms with van der Waals surface area (Å²) in [6, 6.07) is 4.43. The molecule has 0 unspecified atom stereocenters. The molecule has 124 valence electrons. The molecule has 0 aliphatic rings. The van der Waals surface area contributed by atoms with E-state index in [4.69, 9.17) is 4.74 Å². The summed E-state index contributed by atoms with van der Waals surface area (Å²) in [6.45, 7) is 5.71. The van der Waals surface area contributed by atoms with Crippen molar-refractivity contribution in [2.45, 2.75) is 32.8 Å². The van der Waals surface area contributed by atoms with Crippen molar-refractivity contribution < 1.29 is 24.2 Å². The number of rotatable bonds is 3. The number of hydrogen-bond donors (Lipinski definition) is 2. The fourth-order valence-electron chi connectivity index (χ4n) is 1.59. The minimum absolute atomic E-state index is 0.0613. The summed E-state index contributed by atoms with van der Waals surface area (Å²) in [4.78, 5) is 22.9. The Balaban J connectivity index is 2.54. The number of alkyl carbamates (subject to hydrolysis) is 1. The van der Waals surface area contributed by atoms with E-state index in [0.717, 1.165) is 0 Å². The van der Waals surface area contributed by atoms with Crippen molar-refractivity contribution in [2.24, 2.45) is 0 Å². The molecule has 23 heavy (non-hydrogen) atoms. The van der Waals surface area contributed by atoms with E-state index in [9.17, 15) is 14.7 Å². The lowest BCUT2D eigenvalue weighted by atomic mass is 10.1. The molecule has 2 N–H and O–H groups in total. The van der Waals surface area contributed by atoms with Crippen molar-refractivity contribution in [1.82, 2.24) is 5.32 Å². The lowest BCUT2D eigenvalue weighted by Crippen LogP contribution is -2.32. The van der Waals surface area contributed by atoms with Crippen LogP contribution in [0.3, 0.4) is 0 Å². The molecule has 0 radical (unpaired) electrons. The minimum atomic E-state index is -0.627. The number of methoxy groups -OCH3 is 1. The quantitative estimate of drug-likeness (QED) is 0.508. The van der Waals surface area contributed by atoms with Crippen LogP contribution in [0.5, 0.6) is 5.75 Å². The zero-order valence-corrected chi connectivity index (χ0v) is 13.7. The van der Waals surface area contributed by atoms with Crippen LogP contribution in [0.1, 0.15) is 43.1 Å². The summed E-state index contributed by atoms with van der Waals surface area (Å²) in [5.41, 5.74) is 0.0955. The average Bonchev–Trinajstić information content (AvgIpc) is 2.45. The van der Waals surface area contributed by atoms with Gasteiger partial charge in [0.05, 0.1) is 7.11 Å². The first kappa shape index (κ1) is 18.4. The lowest BCUT2D eigenvalue weighted by molar-refractivity contribution is 0.0527. The van der Waals surface area contributed by atoms with E-state index in [0.29, 0.717) is 18.5 Å². The van der Waals surface area contributed by atoms with Gasteiger partial charge in [-0.15, -0.1) is 0 Å². The molecule has 1 amide bonds. The summed E-state index contributed by atoms with van der Waals surface area (Å²) in [7, 11) is 1.24. The molecule has 0 saturated heterocycles. The van der Waals surface area contributed by atoms with Gasteiger partial charge in [-0.05, 0) is 39.0 Å². The highest BCUT2D eigenvalue weighted by molar-refractivity contribution is 5.92. The molecule has 6 heteroatoms. The summed E-state index contributed by atoms with van der Waals surface area (Å²) in [5, 5.41) is 12.2. The molecule has 1 rings (SSSR count). The zero-order chi connectivity index (χ0) is 17.5. The Labute approximate surface area is 135 Å². The molecule has 1 aromatic carbocycles. The molecular weight excluding hydrogens is 298 g/mol. The second kappa shape index (κ2) is 8.08. The number of ether oxygens (including phenoxy) is 2. The molecule has 0 aromatic heterocycles. The molecule has 0 saturated carbocycles. The number of benzene rings is 1. The number of aromatic hydroxyl groups is 1. The number of amides is 1. The highest BCUT2D eigenvalue weighted by atomic mass is 16.6. The van der Waals surface area contributed by atoms with Gasteiger partial charge >= 0.3 is 12.1 Å². The van der Waals surface area contributed by atoms with Crippen LogP contribution in [0.25, 0.3) is 0 Å².